The predicted octanol–water partition coefficient (Wildman–Crippen LogP) is 2.25. The molecule has 1 nitrogen and oxygen atoms in total. The van der Waals surface area contributed by atoms with Crippen LogP contribution in [0.15, 0.2) is 34.9 Å². The normalized spacial score (nSPS) is 18.9. The molecule has 0 unspecified atom stereocenters. The molecule has 0 heterocycles. The van der Waals surface area contributed by atoms with Crippen LogP contribution >= 0.6 is 0 Å². The van der Waals surface area contributed by atoms with E-state index in [1.54, 1.807) is 0 Å². The molecule has 1 heteroatoms. The molecule has 0 aromatic carbocycles. The third-order valence-electron chi connectivity index (χ3n) is 1.80. The first kappa shape index (κ1) is 7.29. The van der Waals surface area contributed by atoms with Gasteiger partial charge in [-0.3, -0.25) is 0 Å². The van der Waals surface area contributed by atoms with Crippen LogP contribution < -0.4 is 0 Å². The molecular formula is C9H11O. The minimum atomic E-state index is 0.750. The Labute approximate surface area is 61.4 Å². The van der Waals surface area contributed by atoms with Gasteiger partial charge in [0.05, 0.1) is 7.11 Å². The Kier molecular flexibility index (Phi) is 2.07. The van der Waals surface area contributed by atoms with E-state index < -0.39 is 0 Å². The molecule has 2 bridgehead atoms. The van der Waals surface area contributed by atoms with Gasteiger partial charge in [-0.2, -0.15) is 0 Å². The zero-order valence-electron chi connectivity index (χ0n) is 6.35. The van der Waals surface area contributed by atoms with Gasteiger partial charge in [0, 0.05) is 0 Å². The number of hydrogen-bond acceptors (Lipinski definition) is 0. The van der Waals surface area contributed by atoms with E-state index in [0.717, 1.165) is 7.11 Å². The van der Waals surface area contributed by atoms with E-state index >= 15 is 0 Å². The van der Waals surface area contributed by atoms with Crippen molar-refractivity contribution in [1.82, 2.24) is 0 Å². The molecule has 53 valence electrons. The predicted molar refractivity (Wildman–Crippen MR) is 41.2 cm³/mol. The maximum absolute atomic E-state index is 8.25. The quantitative estimate of drug-likeness (QED) is 0.485. The molecule has 2 aliphatic carbocycles. The lowest BCUT2D eigenvalue weighted by Crippen LogP contribution is -1.69. The monoisotopic (exact) mass is 135 g/mol. The van der Waals surface area contributed by atoms with Gasteiger partial charge in [0.1, 0.15) is 0 Å². The topological polar surface area (TPSA) is 19.9 Å². The highest BCUT2D eigenvalue weighted by Crippen LogP contribution is 2.32. The lowest BCUT2D eigenvalue weighted by Gasteiger charge is -1.89. The van der Waals surface area contributed by atoms with E-state index in [-0.39, 0.29) is 0 Å². The van der Waals surface area contributed by atoms with Crippen LogP contribution in [0.4, 0.5) is 0 Å². The van der Waals surface area contributed by atoms with Crippen molar-refractivity contribution in [2.24, 2.45) is 0 Å². The van der Waals surface area contributed by atoms with Crippen molar-refractivity contribution >= 4 is 0 Å². The molecular weight excluding hydrogens is 124 g/mol. The number of fused-ring (bicyclic) bond motifs is 2. The molecule has 0 amide bonds. The molecule has 10 heavy (non-hydrogen) atoms. The summed E-state index contributed by atoms with van der Waals surface area (Å²) in [6.45, 7) is 2.17. The molecule has 2 rings (SSSR count). The van der Waals surface area contributed by atoms with E-state index in [9.17, 15) is 0 Å². The van der Waals surface area contributed by atoms with Crippen molar-refractivity contribution in [2.75, 3.05) is 7.11 Å². The van der Waals surface area contributed by atoms with Gasteiger partial charge in [-0.05, 0) is 30.1 Å². The van der Waals surface area contributed by atoms with Gasteiger partial charge in [0.15, 0.2) is 0 Å². The van der Waals surface area contributed by atoms with E-state index in [1.165, 1.54) is 23.1 Å². The van der Waals surface area contributed by atoms with E-state index in [1.807, 2.05) is 0 Å². The van der Waals surface area contributed by atoms with E-state index in [2.05, 4.69) is 25.2 Å². The average Bonchev–Trinajstić information content (AvgIpc) is 2.52. The van der Waals surface area contributed by atoms with Crippen LogP contribution in [-0.4, -0.2) is 7.11 Å². The maximum atomic E-state index is 8.25. The fourth-order valence-electron chi connectivity index (χ4n) is 1.29. The zero-order chi connectivity index (χ0) is 7.56. The second-order valence-corrected chi connectivity index (χ2v) is 2.44. The van der Waals surface area contributed by atoms with Crippen LogP contribution in [0.3, 0.4) is 0 Å². The van der Waals surface area contributed by atoms with Crippen molar-refractivity contribution in [3.8, 4) is 0 Å². The molecule has 0 saturated heterocycles. The summed E-state index contributed by atoms with van der Waals surface area (Å²) >= 11 is 0. The van der Waals surface area contributed by atoms with Crippen LogP contribution in [0.25, 0.3) is 0 Å². The highest BCUT2D eigenvalue weighted by atomic mass is 16.2. The van der Waals surface area contributed by atoms with Crippen molar-refractivity contribution in [2.45, 2.75) is 13.3 Å². The summed E-state index contributed by atoms with van der Waals surface area (Å²) < 4.78 is 0. The Morgan fingerprint density at radius 1 is 1.30 bits per heavy atom. The Bertz CT molecular complexity index is 219. The van der Waals surface area contributed by atoms with Gasteiger partial charge >= 0.3 is 0 Å². The van der Waals surface area contributed by atoms with Crippen LogP contribution in [0, 0.1) is 0 Å². The SMILES string of the molecule is CC1=C2C=CC(=C1)C2.C[O]. The fourth-order valence-corrected chi connectivity index (χ4v) is 1.29. The summed E-state index contributed by atoms with van der Waals surface area (Å²) in [5.41, 5.74) is 4.46. The second kappa shape index (κ2) is 2.84. The number of rotatable bonds is 0. The highest BCUT2D eigenvalue weighted by Gasteiger charge is 2.13. The molecule has 0 saturated carbocycles. The molecule has 0 atom stereocenters. The minimum absolute atomic E-state index is 0.750. The first-order valence-electron chi connectivity index (χ1n) is 3.35. The van der Waals surface area contributed by atoms with Crippen LogP contribution in [0.5, 0.6) is 0 Å². The van der Waals surface area contributed by atoms with Crippen molar-refractivity contribution in [3.05, 3.63) is 34.9 Å². The number of hydrogen-bond donors (Lipinski definition) is 0. The standard InChI is InChI=1S/C8H8.CH3O/c1-6-4-7-2-3-8(6)5-7;1-2/h2-4H,5H2,1H3;1H3. The van der Waals surface area contributed by atoms with Crippen LogP contribution in [0.2, 0.25) is 0 Å². The molecule has 0 N–H and O–H groups in total. The Morgan fingerprint density at radius 3 is 2.20 bits per heavy atom. The molecule has 2 aliphatic rings. The number of allylic oxidation sites excluding steroid dienone is 6. The van der Waals surface area contributed by atoms with E-state index in [4.69, 9.17) is 5.11 Å². The maximum Gasteiger partial charge on any atom is 0.0712 e. The van der Waals surface area contributed by atoms with Crippen LogP contribution in [0.1, 0.15) is 13.3 Å². The van der Waals surface area contributed by atoms with Gasteiger partial charge in [-0.25, -0.2) is 5.11 Å². The van der Waals surface area contributed by atoms with Crippen molar-refractivity contribution in [3.63, 3.8) is 0 Å². The zero-order valence-corrected chi connectivity index (χ0v) is 6.35. The summed E-state index contributed by atoms with van der Waals surface area (Å²) in [6, 6.07) is 0. The molecule has 0 aromatic rings. The smallest absolute Gasteiger partial charge is 0.0712 e. The first-order valence-corrected chi connectivity index (χ1v) is 3.35. The summed E-state index contributed by atoms with van der Waals surface area (Å²) in [5, 5.41) is 8.25. The summed E-state index contributed by atoms with van der Waals surface area (Å²) in [5.74, 6) is 0. The van der Waals surface area contributed by atoms with Gasteiger partial charge in [-0.15, -0.1) is 0 Å². The molecule has 0 aliphatic heterocycles. The van der Waals surface area contributed by atoms with Crippen LogP contribution in [-0.2, 0) is 5.11 Å². The molecule has 0 aromatic heterocycles. The molecule has 1 radical (unpaired) electrons. The third kappa shape index (κ3) is 1.05. The van der Waals surface area contributed by atoms with Gasteiger partial charge < -0.3 is 0 Å². The van der Waals surface area contributed by atoms with Crippen molar-refractivity contribution in [1.29, 1.82) is 0 Å². The summed E-state index contributed by atoms with van der Waals surface area (Å²) in [4.78, 5) is 0. The Hall–Kier alpha value is -0.820. The summed E-state index contributed by atoms with van der Waals surface area (Å²) in [6.07, 6.45) is 7.87. The van der Waals surface area contributed by atoms with Gasteiger partial charge in [0.25, 0.3) is 0 Å². The fraction of sp³-hybridized carbons (Fsp3) is 0.333. The Morgan fingerprint density at radius 2 is 2.00 bits per heavy atom. The Balaban J connectivity index is 0.000000231. The van der Waals surface area contributed by atoms with Crippen molar-refractivity contribution < 1.29 is 5.11 Å². The first-order chi connectivity index (χ1) is 4.86. The van der Waals surface area contributed by atoms with Gasteiger partial charge in [0.2, 0.25) is 0 Å². The van der Waals surface area contributed by atoms with Gasteiger partial charge in [-0.1, -0.05) is 18.2 Å². The minimum Gasteiger partial charge on any atom is -0.240 e. The highest BCUT2D eigenvalue weighted by molar-refractivity contribution is 5.53. The molecule has 0 spiro atoms. The lowest BCUT2D eigenvalue weighted by molar-refractivity contribution is 0.282. The van der Waals surface area contributed by atoms with E-state index in [0.29, 0.717) is 0 Å². The largest absolute Gasteiger partial charge is 0.240 e. The average molecular weight is 135 g/mol. The summed E-state index contributed by atoms with van der Waals surface area (Å²) in [7, 11) is 0.750. The molecule has 0 fully saturated rings. The third-order valence-corrected chi connectivity index (χ3v) is 1.80. The lowest BCUT2D eigenvalue weighted by atomic mass is 10.2. The second-order valence-electron chi connectivity index (χ2n) is 2.44.